The molecule has 120 valence electrons. The second-order valence-electron chi connectivity index (χ2n) is 7.08. The van der Waals surface area contributed by atoms with E-state index in [1.54, 1.807) is 0 Å². The molecule has 2 N–H and O–H groups in total. The molecule has 0 aliphatic heterocycles. The Balaban J connectivity index is 2.56. The zero-order valence-electron chi connectivity index (χ0n) is 14.0. The van der Waals surface area contributed by atoms with Crippen LogP contribution >= 0.6 is 7.37 Å². The molecular weight excluding hydrogens is 281 g/mol. The maximum absolute atomic E-state index is 12.2. The summed E-state index contributed by atoms with van der Waals surface area (Å²) < 4.78 is 12.2. The highest BCUT2D eigenvalue weighted by atomic mass is 31.2. The summed E-state index contributed by atoms with van der Waals surface area (Å²) in [6, 6.07) is 8.11. The van der Waals surface area contributed by atoms with Gasteiger partial charge in [0.25, 0.3) is 0 Å². The van der Waals surface area contributed by atoms with Gasteiger partial charge in [-0.15, -0.1) is 0 Å². The lowest BCUT2D eigenvalue weighted by Crippen LogP contribution is -2.12. The zero-order valence-corrected chi connectivity index (χ0v) is 14.9. The molecular formula is C17H30NO2P. The van der Waals surface area contributed by atoms with Crippen LogP contribution in [0.1, 0.15) is 53.0 Å². The molecule has 4 heteroatoms. The second-order valence-corrected chi connectivity index (χ2v) is 9.46. The van der Waals surface area contributed by atoms with E-state index >= 15 is 0 Å². The summed E-state index contributed by atoms with van der Waals surface area (Å²) in [6.07, 6.45) is 2.61. The number of nitrogens with one attached hydrogen (secondary N) is 1. The number of benzene rings is 1. The van der Waals surface area contributed by atoms with E-state index in [9.17, 15) is 9.46 Å². The Kier molecular flexibility index (Phi) is 6.49. The van der Waals surface area contributed by atoms with Crippen LogP contribution in [0.5, 0.6) is 0 Å². The molecule has 3 nitrogen and oxygen atoms in total. The van der Waals surface area contributed by atoms with E-state index in [-0.39, 0.29) is 11.7 Å². The van der Waals surface area contributed by atoms with Crippen LogP contribution in [0.2, 0.25) is 0 Å². The van der Waals surface area contributed by atoms with E-state index in [4.69, 9.17) is 0 Å². The summed E-state index contributed by atoms with van der Waals surface area (Å²) in [6.45, 7) is 10.7. The van der Waals surface area contributed by atoms with Gasteiger partial charge < -0.3 is 10.2 Å². The lowest BCUT2D eigenvalue weighted by molar-refractivity contribution is 0.460. The molecule has 0 heterocycles. The van der Waals surface area contributed by atoms with Crippen molar-refractivity contribution in [2.45, 2.75) is 52.9 Å². The van der Waals surface area contributed by atoms with Crippen LogP contribution in [0.15, 0.2) is 24.3 Å². The van der Waals surface area contributed by atoms with Gasteiger partial charge in [-0.3, -0.25) is 4.57 Å². The third kappa shape index (κ3) is 6.67. The van der Waals surface area contributed by atoms with E-state index in [0.717, 1.165) is 18.5 Å². The summed E-state index contributed by atoms with van der Waals surface area (Å²) >= 11 is 0. The predicted molar refractivity (Wildman–Crippen MR) is 92.4 cm³/mol. The predicted octanol–water partition coefficient (Wildman–Crippen LogP) is 5.06. The Morgan fingerprint density at radius 1 is 1.24 bits per heavy atom. The van der Waals surface area contributed by atoms with Gasteiger partial charge >= 0.3 is 0 Å². The van der Waals surface area contributed by atoms with Gasteiger partial charge in [0.05, 0.1) is 6.29 Å². The van der Waals surface area contributed by atoms with Crippen molar-refractivity contribution in [3.05, 3.63) is 29.8 Å². The smallest absolute Gasteiger partial charge is 0.219 e. The molecule has 1 aromatic rings. The first-order valence-electron chi connectivity index (χ1n) is 7.79. The van der Waals surface area contributed by atoms with E-state index in [1.165, 1.54) is 5.56 Å². The number of hydrogen-bond donors (Lipinski definition) is 2. The summed E-state index contributed by atoms with van der Waals surface area (Å²) in [4.78, 5) is 10.0. The van der Waals surface area contributed by atoms with Crippen LogP contribution in [-0.2, 0) is 9.98 Å². The van der Waals surface area contributed by atoms with Crippen LogP contribution < -0.4 is 5.32 Å². The van der Waals surface area contributed by atoms with Crippen molar-refractivity contribution in [2.75, 3.05) is 17.8 Å². The number of rotatable bonds is 7. The third-order valence-electron chi connectivity index (χ3n) is 3.66. The Morgan fingerprint density at radius 2 is 1.81 bits per heavy atom. The number of hydrogen-bond acceptors (Lipinski definition) is 2. The van der Waals surface area contributed by atoms with Crippen molar-refractivity contribution in [2.24, 2.45) is 5.92 Å². The first-order valence-corrected chi connectivity index (χ1v) is 9.82. The standard InChI is InChI=1S/C17H30NO2P/c1-6-7-14(2)12-21(19,20)13-18-16-10-8-15(9-11-16)17(3,4)5/h8-11,14,18H,6-7,12-13H2,1-5H3,(H,19,20). The first kappa shape index (κ1) is 18.3. The molecule has 0 amide bonds. The third-order valence-corrected chi connectivity index (χ3v) is 5.51. The van der Waals surface area contributed by atoms with E-state index in [0.29, 0.717) is 12.1 Å². The molecule has 0 spiro atoms. The molecule has 0 saturated carbocycles. The van der Waals surface area contributed by atoms with Crippen LogP contribution in [-0.4, -0.2) is 17.3 Å². The van der Waals surface area contributed by atoms with E-state index < -0.39 is 7.37 Å². The largest absolute Gasteiger partial charge is 0.376 e. The molecule has 0 bridgehead atoms. The Labute approximate surface area is 129 Å². The van der Waals surface area contributed by atoms with Gasteiger partial charge in [0.2, 0.25) is 7.37 Å². The monoisotopic (exact) mass is 311 g/mol. The van der Waals surface area contributed by atoms with Crippen molar-refractivity contribution in [1.29, 1.82) is 0 Å². The maximum atomic E-state index is 12.2. The van der Waals surface area contributed by atoms with Crippen LogP contribution in [0.4, 0.5) is 5.69 Å². The van der Waals surface area contributed by atoms with Gasteiger partial charge in [-0.1, -0.05) is 59.6 Å². The average Bonchev–Trinajstić information content (AvgIpc) is 2.35. The summed E-state index contributed by atoms with van der Waals surface area (Å²) in [5.74, 6) is 0.302. The van der Waals surface area contributed by atoms with E-state index in [2.05, 4.69) is 45.1 Å². The molecule has 0 fully saturated rings. The normalized spacial score (nSPS) is 16.3. The van der Waals surface area contributed by atoms with Crippen LogP contribution in [0.25, 0.3) is 0 Å². The van der Waals surface area contributed by atoms with Gasteiger partial charge in [-0.25, -0.2) is 0 Å². The van der Waals surface area contributed by atoms with Gasteiger partial charge in [-0.2, -0.15) is 0 Å². The van der Waals surface area contributed by atoms with Gasteiger partial charge in [-0.05, 0) is 29.0 Å². The highest BCUT2D eigenvalue weighted by molar-refractivity contribution is 7.58. The van der Waals surface area contributed by atoms with Crippen LogP contribution in [0, 0.1) is 5.92 Å². The molecule has 0 saturated heterocycles. The molecule has 2 unspecified atom stereocenters. The highest BCUT2D eigenvalue weighted by Crippen LogP contribution is 2.42. The minimum absolute atomic E-state index is 0.125. The molecule has 1 aromatic carbocycles. The quantitative estimate of drug-likeness (QED) is 0.692. The zero-order chi connectivity index (χ0) is 16.1. The van der Waals surface area contributed by atoms with Crippen molar-refractivity contribution < 1.29 is 9.46 Å². The summed E-state index contributed by atoms with van der Waals surface area (Å²) in [7, 11) is -3.10. The van der Waals surface area contributed by atoms with Crippen molar-refractivity contribution in [3.8, 4) is 0 Å². The molecule has 1 rings (SSSR count). The minimum Gasteiger partial charge on any atom is -0.376 e. The summed E-state index contributed by atoms with van der Waals surface area (Å²) in [5.41, 5.74) is 2.29. The van der Waals surface area contributed by atoms with Gasteiger partial charge in [0.1, 0.15) is 0 Å². The van der Waals surface area contributed by atoms with Gasteiger partial charge in [0, 0.05) is 11.8 Å². The SMILES string of the molecule is CCCC(C)CP(=O)(O)CNc1ccc(C(C)(C)C)cc1. The minimum atomic E-state index is -3.10. The fourth-order valence-electron chi connectivity index (χ4n) is 2.44. The fourth-order valence-corrected chi connectivity index (χ4v) is 4.15. The van der Waals surface area contributed by atoms with Crippen LogP contribution in [0.3, 0.4) is 0 Å². The molecule has 0 aliphatic rings. The Bertz CT molecular complexity index is 477. The van der Waals surface area contributed by atoms with E-state index in [1.807, 2.05) is 19.1 Å². The number of anilines is 1. The molecule has 0 radical (unpaired) electrons. The first-order chi connectivity index (χ1) is 9.64. The Hall–Kier alpha value is -0.790. The molecule has 0 aliphatic carbocycles. The molecule has 21 heavy (non-hydrogen) atoms. The summed E-state index contributed by atoms with van der Waals surface area (Å²) in [5, 5.41) is 3.10. The Morgan fingerprint density at radius 3 is 2.29 bits per heavy atom. The van der Waals surface area contributed by atoms with Crippen molar-refractivity contribution in [1.82, 2.24) is 0 Å². The van der Waals surface area contributed by atoms with Gasteiger partial charge in [0.15, 0.2) is 0 Å². The average molecular weight is 311 g/mol. The highest BCUT2D eigenvalue weighted by Gasteiger charge is 2.21. The molecule has 2 atom stereocenters. The fraction of sp³-hybridized carbons (Fsp3) is 0.647. The second kappa shape index (κ2) is 7.47. The molecule has 0 aromatic heterocycles. The topological polar surface area (TPSA) is 49.3 Å². The van der Waals surface area contributed by atoms with Crippen molar-refractivity contribution in [3.63, 3.8) is 0 Å². The lowest BCUT2D eigenvalue weighted by atomic mass is 9.87. The maximum Gasteiger partial charge on any atom is 0.219 e. The lowest BCUT2D eigenvalue weighted by Gasteiger charge is -2.20. The van der Waals surface area contributed by atoms with Crippen molar-refractivity contribution >= 4 is 13.1 Å².